The van der Waals surface area contributed by atoms with Crippen molar-refractivity contribution < 1.29 is 9.53 Å². The Morgan fingerprint density at radius 3 is 2.96 bits per heavy atom. The maximum absolute atomic E-state index is 12.7. The van der Waals surface area contributed by atoms with Crippen molar-refractivity contribution in [2.75, 3.05) is 13.2 Å². The summed E-state index contributed by atoms with van der Waals surface area (Å²) >= 11 is 0. The lowest BCUT2D eigenvalue weighted by atomic mass is 9.95. The summed E-state index contributed by atoms with van der Waals surface area (Å²) in [4.78, 5) is 16.8. The van der Waals surface area contributed by atoms with Crippen LogP contribution in [0.1, 0.15) is 41.3 Å². The zero-order valence-electron chi connectivity index (χ0n) is 14.2. The molecule has 1 N–H and O–H groups in total. The van der Waals surface area contributed by atoms with Crippen molar-refractivity contribution in [2.45, 2.75) is 44.7 Å². The van der Waals surface area contributed by atoms with Gasteiger partial charge in [-0.05, 0) is 37.0 Å². The second-order valence-electron chi connectivity index (χ2n) is 6.84. The van der Waals surface area contributed by atoms with Crippen molar-refractivity contribution >= 4 is 5.91 Å². The van der Waals surface area contributed by atoms with E-state index in [-0.39, 0.29) is 17.9 Å². The van der Waals surface area contributed by atoms with Gasteiger partial charge < -0.3 is 14.6 Å². The molecule has 0 radical (unpaired) electrons. The number of rotatable bonds is 4. The summed E-state index contributed by atoms with van der Waals surface area (Å²) in [7, 11) is 0. The smallest absolute Gasteiger partial charge is 0.289 e. The van der Waals surface area contributed by atoms with Crippen LogP contribution in [0, 0.1) is 5.92 Å². The second kappa shape index (κ2) is 7.31. The summed E-state index contributed by atoms with van der Waals surface area (Å²) in [5, 5.41) is 11.5. The second-order valence-corrected chi connectivity index (χ2v) is 6.84. The number of hydrogen-bond acceptors (Lipinski definition) is 5. The van der Waals surface area contributed by atoms with Crippen molar-refractivity contribution in [3.05, 3.63) is 41.7 Å². The molecule has 4 rings (SSSR count). The Labute approximate surface area is 146 Å². The Bertz CT molecular complexity index is 730. The van der Waals surface area contributed by atoms with Crippen molar-refractivity contribution in [1.29, 1.82) is 0 Å². The van der Waals surface area contributed by atoms with Gasteiger partial charge in [0.2, 0.25) is 5.82 Å². The Morgan fingerprint density at radius 1 is 1.20 bits per heavy atom. The molecule has 0 bridgehead atoms. The molecule has 2 aliphatic rings. The third kappa shape index (κ3) is 3.56. The van der Waals surface area contributed by atoms with Crippen molar-refractivity contribution in [2.24, 2.45) is 5.92 Å². The lowest BCUT2D eigenvalue weighted by molar-refractivity contribution is 0.0909. The van der Waals surface area contributed by atoms with Crippen LogP contribution in [-0.4, -0.2) is 44.9 Å². The van der Waals surface area contributed by atoms with E-state index in [0.29, 0.717) is 19.0 Å². The zero-order valence-corrected chi connectivity index (χ0v) is 14.2. The molecule has 0 aromatic carbocycles. The van der Waals surface area contributed by atoms with Crippen LogP contribution < -0.4 is 5.32 Å². The molecule has 2 aromatic rings. The van der Waals surface area contributed by atoms with Crippen molar-refractivity contribution in [1.82, 2.24) is 25.1 Å². The van der Waals surface area contributed by atoms with E-state index in [4.69, 9.17) is 4.74 Å². The number of carbonyl (C=O) groups is 1. The number of fused-ring (bicyclic) bond motifs is 1. The molecule has 2 aliphatic heterocycles. The first kappa shape index (κ1) is 16.2. The Balaban J connectivity index is 1.44. The van der Waals surface area contributed by atoms with E-state index in [0.717, 1.165) is 38.1 Å². The van der Waals surface area contributed by atoms with E-state index < -0.39 is 0 Å². The number of amides is 1. The van der Waals surface area contributed by atoms with Gasteiger partial charge in [-0.2, -0.15) is 0 Å². The molecule has 0 spiro atoms. The fourth-order valence-electron chi connectivity index (χ4n) is 3.67. The molecule has 1 amide bonds. The van der Waals surface area contributed by atoms with E-state index in [1.165, 1.54) is 12.0 Å². The van der Waals surface area contributed by atoms with Crippen LogP contribution >= 0.6 is 0 Å². The summed E-state index contributed by atoms with van der Waals surface area (Å²) in [6.45, 7) is 2.03. The van der Waals surface area contributed by atoms with Gasteiger partial charge in [-0.3, -0.25) is 9.78 Å². The third-order valence-corrected chi connectivity index (χ3v) is 5.07. The molecule has 7 nitrogen and oxygen atoms in total. The fraction of sp³-hybridized carbons (Fsp3) is 0.556. The van der Waals surface area contributed by atoms with Crippen molar-refractivity contribution in [3.63, 3.8) is 0 Å². The summed E-state index contributed by atoms with van der Waals surface area (Å²) in [5.41, 5.74) is 1.21. The predicted octanol–water partition coefficient (Wildman–Crippen LogP) is 1.39. The minimum absolute atomic E-state index is 0.000562. The van der Waals surface area contributed by atoms with E-state index in [9.17, 15) is 4.79 Å². The Hall–Kier alpha value is -2.28. The first-order valence-electron chi connectivity index (χ1n) is 9.01. The highest BCUT2D eigenvalue weighted by atomic mass is 16.5. The van der Waals surface area contributed by atoms with Gasteiger partial charge in [0.05, 0.1) is 19.3 Å². The highest BCUT2D eigenvalue weighted by molar-refractivity contribution is 5.91. The maximum Gasteiger partial charge on any atom is 0.289 e. The Morgan fingerprint density at radius 2 is 2.08 bits per heavy atom. The summed E-state index contributed by atoms with van der Waals surface area (Å²) in [6, 6.07) is 4.02. The molecule has 1 saturated heterocycles. The number of ether oxygens (including phenoxy) is 1. The fourth-order valence-corrected chi connectivity index (χ4v) is 3.67. The lowest BCUT2D eigenvalue weighted by Gasteiger charge is -2.19. The molecule has 0 saturated carbocycles. The summed E-state index contributed by atoms with van der Waals surface area (Å²) in [5.74, 6) is 1.49. The number of pyridine rings is 1. The quantitative estimate of drug-likeness (QED) is 0.909. The minimum Gasteiger partial charge on any atom is -0.379 e. The van der Waals surface area contributed by atoms with Gasteiger partial charge in [0, 0.05) is 31.3 Å². The highest BCUT2D eigenvalue weighted by Crippen LogP contribution is 2.20. The molecular formula is C18H23N5O2. The van der Waals surface area contributed by atoms with Gasteiger partial charge in [0.1, 0.15) is 5.82 Å². The average Bonchev–Trinajstić information content (AvgIpc) is 3.16. The van der Waals surface area contributed by atoms with Crippen LogP contribution in [0.5, 0.6) is 0 Å². The van der Waals surface area contributed by atoms with Gasteiger partial charge >= 0.3 is 0 Å². The van der Waals surface area contributed by atoms with E-state index in [1.807, 2.05) is 16.7 Å². The van der Waals surface area contributed by atoms with Crippen LogP contribution in [0.4, 0.5) is 0 Å². The van der Waals surface area contributed by atoms with Crippen LogP contribution in [-0.2, 0) is 24.1 Å². The lowest BCUT2D eigenvalue weighted by Crippen LogP contribution is -2.41. The molecule has 2 atom stereocenters. The highest BCUT2D eigenvalue weighted by Gasteiger charge is 2.31. The predicted molar refractivity (Wildman–Crippen MR) is 91.1 cm³/mol. The number of hydrogen-bond donors (Lipinski definition) is 1. The maximum atomic E-state index is 12.7. The molecular weight excluding hydrogens is 318 g/mol. The van der Waals surface area contributed by atoms with Gasteiger partial charge in [0.25, 0.3) is 5.91 Å². The van der Waals surface area contributed by atoms with Gasteiger partial charge in [-0.25, -0.2) is 0 Å². The third-order valence-electron chi connectivity index (χ3n) is 5.07. The molecule has 0 unspecified atom stereocenters. The number of nitrogens with zero attached hydrogens (tertiary/aromatic N) is 4. The molecule has 1 fully saturated rings. The average molecular weight is 341 g/mol. The monoisotopic (exact) mass is 341 g/mol. The van der Waals surface area contributed by atoms with Crippen LogP contribution in [0.25, 0.3) is 0 Å². The number of aromatic nitrogens is 4. The van der Waals surface area contributed by atoms with E-state index in [2.05, 4.69) is 20.5 Å². The van der Waals surface area contributed by atoms with Gasteiger partial charge in [0.15, 0.2) is 0 Å². The largest absolute Gasteiger partial charge is 0.379 e. The Kier molecular flexibility index (Phi) is 4.74. The van der Waals surface area contributed by atoms with Gasteiger partial charge in [-0.1, -0.05) is 6.42 Å². The van der Waals surface area contributed by atoms with Gasteiger partial charge in [-0.15, -0.1) is 10.2 Å². The molecule has 2 aromatic heterocycles. The van der Waals surface area contributed by atoms with Crippen LogP contribution in [0.3, 0.4) is 0 Å². The first-order chi connectivity index (χ1) is 12.3. The van der Waals surface area contributed by atoms with E-state index in [1.54, 1.807) is 12.4 Å². The number of carbonyl (C=O) groups excluding carboxylic acids is 1. The van der Waals surface area contributed by atoms with Crippen LogP contribution in [0.15, 0.2) is 24.5 Å². The standard InChI is InChI=1S/C18H23N5O2/c24-18(17-22-21-16-4-2-1-3-9-23(16)17)20-15-12-25-11-14(15)10-13-5-7-19-8-6-13/h5-8,14-15H,1-4,9-12H2,(H,20,24)/t14-,15-/m1/s1. The first-order valence-corrected chi connectivity index (χ1v) is 9.01. The SMILES string of the molecule is O=C(N[C@@H]1COC[C@H]1Cc1ccncc1)c1nnc2n1CCCCC2. The molecule has 7 heteroatoms. The summed E-state index contributed by atoms with van der Waals surface area (Å²) in [6.07, 6.45) is 8.72. The number of nitrogens with one attached hydrogen (secondary N) is 1. The molecule has 0 aliphatic carbocycles. The van der Waals surface area contributed by atoms with Crippen molar-refractivity contribution in [3.8, 4) is 0 Å². The molecule has 4 heterocycles. The normalized spacial score (nSPS) is 23.0. The van der Waals surface area contributed by atoms with Crippen LogP contribution in [0.2, 0.25) is 0 Å². The molecule has 25 heavy (non-hydrogen) atoms. The topological polar surface area (TPSA) is 81.9 Å². The minimum atomic E-state index is -0.143. The van der Waals surface area contributed by atoms with E-state index >= 15 is 0 Å². The number of aryl methyl sites for hydroxylation is 1. The molecule has 132 valence electrons. The zero-order chi connectivity index (χ0) is 17.1. The summed E-state index contributed by atoms with van der Waals surface area (Å²) < 4.78 is 7.60.